The van der Waals surface area contributed by atoms with E-state index in [9.17, 15) is 13.2 Å². The van der Waals surface area contributed by atoms with Crippen LogP contribution in [0.1, 0.15) is 33.6 Å². The standard InChI is InChI=1S/C23H27ClN4O3S/c1-23(2,3)14-28-20-15(12-18(21(28)29)17-6-4-5-7-19(17)24)13-25-22(27-20)26-16-8-10-32(30,31)11-9-16/h4-7,12-13,16H,8-11,14H2,1-3H3,(H,25,26,27). The topological polar surface area (TPSA) is 94.0 Å². The number of aromatic nitrogens is 3. The number of halogens is 1. The highest BCUT2D eigenvalue weighted by molar-refractivity contribution is 7.91. The number of hydrogen-bond acceptors (Lipinski definition) is 6. The number of benzene rings is 1. The Morgan fingerprint density at radius 1 is 1.16 bits per heavy atom. The largest absolute Gasteiger partial charge is 0.351 e. The van der Waals surface area contributed by atoms with E-state index in [4.69, 9.17) is 11.6 Å². The van der Waals surface area contributed by atoms with Crippen molar-refractivity contribution in [2.75, 3.05) is 16.8 Å². The maximum Gasteiger partial charge on any atom is 0.260 e. The number of nitrogens with one attached hydrogen (secondary N) is 1. The fourth-order valence-electron chi connectivity index (χ4n) is 3.94. The Bertz CT molecular complexity index is 1320. The van der Waals surface area contributed by atoms with Crippen molar-refractivity contribution in [2.45, 2.75) is 46.2 Å². The first-order valence-electron chi connectivity index (χ1n) is 10.6. The van der Waals surface area contributed by atoms with E-state index < -0.39 is 9.84 Å². The van der Waals surface area contributed by atoms with Crippen molar-refractivity contribution in [1.29, 1.82) is 0 Å². The second-order valence-electron chi connectivity index (χ2n) is 9.53. The third-order valence-electron chi connectivity index (χ3n) is 5.51. The molecule has 0 unspecified atom stereocenters. The van der Waals surface area contributed by atoms with Gasteiger partial charge < -0.3 is 5.32 Å². The average Bonchev–Trinajstić information content (AvgIpc) is 2.71. The van der Waals surface area contributed by atoms with Crippen LogP contribution in [0, 0.1) is 5.41 Å². The molecule has 3 aromatic rings. The fourth-order valence-corrected chi connectivity index (χ4v) is 5.67. The van der Waals surface area contributed by atoms with Crippen molar-refractivity contribution in [3.8, 4) is 11.1 Å². The van der Waals surface area contributed by atoms with Crippen LogP contribution in [-0.4, -0.2) is 40.5 Å². The maximum atomic E-state index is 13.5. The summed E-state index contributed by atoms with van der Waals surface area (Å²) in [6.07, 6.45) is 2.73. The van der Waals surface area contributed by atoms with Gasteiger partial charge in [-0.2, -0.15) is 4.98 Å². The van der Waals surface area contributed by atoms with Crippen molar-refractivity contribution in [3.05, 3.63) is 51.9 Å². The molecule has 0 amide bonds. The van der Waals surface area contributed by atoms with Gasteiger partial charge >= 0.3 is 0 Å². The number of anilines is 1. The Morgan fingerprint density at radius 2 is 1.84 bits per heavy atom. The molecule has 7 nitrogen and oxygen atoms in total. The summed E-state index contributed by atoms with van der Waals surface area (Å²) in [6.45, 7) is 6.67. The predicted octanol–water partition coefficient (Wildman–Crippen LogP) is 4.15. The Hall–Kier alpha value is -2.45. The number of nitrogens with zero attached hydrogens (tertiary/aromatic N) is 3. The minimum absolute atomic E-state index is 0.0128. The second kappa shape index (κ2) is 8.48. The number of sulfone groups is 1. The molecule has 0 atom stereocenters. The number of fused-ring (bicyclic) bond motifs is 1. The molecule has 170 valence electrons. The molecule has 1 aliphatic rings. The van der Waals surface area contributed by atoms with E-state index in [2.05, 4.69) is 36.1 Å². The molecule has 0 radical (unpaired) electrons. The predicted molar refractivity (Wildman–Crippen MR) is 129 cm³/mol. The van der Waals surface area contributed by atoms with Gasteiger partial charge in [0, 0.05) is 40.3 Å². The second-order valence-corrected chi connectivity index (χ2v) is 12.2. The lowest BCUT2D eigenvalue weighted by Gasteiger charge is -2.24. The van der Waals surface area contributed by atoms with Crippen LogP contribution in [0.15, 0.2) is 41.3 Å². The van der Waals surface area contributed by atoms with Crippen LogP contribution in [0.2, 0.25) is 5.02 Å². The van der Waals surface area contributed by atoms with Gasteiger partial charge in [0.1, 0.15) is 15.5 Å². The first-order chi connectivity index (χ1) is 15.0. The molecule has 32 heavy (non-hydrogen) atoms. The van der Waals surface area contributed by atoms with Crippen molar-refractivity contribution in [2.24, 2.45) is 5.41 Å². The normalized spacial score (nSPS) is 16.9. The fraction of sp³-hybridized carbons (Fsp3) is 0.435. The summed E-state index contributed by atoms with van der Waals surface area (Å²) in [5.41, 5.74) is 1.41. The van der Waals surface area contributed by atoms with Crippen molar-refractivity contribution < 1.29 is 8.42 Å². The summed E-state index contributed by atoms with van der Waals surface area (Å²) >= 11 is 6.39. The molecule has 4 rings (SSSR count). The molecule has 0 aliphatic carbocycles. The van der Waals surface area contributed by atoms with Crippen LogP contribution in [-0.2, 0) is 16.4 Å². The minimum Gasteiger partial charge on any atom is -0.351 e. The van der Waals surface area contributed by atoms with Gasteiger partial charge in [0.2, 0.25) is 5.95 Å². The van der Waals surface area contributed by atoms with Crippen molar-refractivity contribution >= 4 is 38.4 Å². The highest BCUT2D eigenvalue weighted by atomic mass is 35.5. The molecule has 0 spiro atoms. The molecule has 1 N–H and O–H groups in total. The monoisotopic (exact) mass is 474 g/mol. The van der Waals surface area contributed by atoms with Gasteiger partial charge in [0.05, 0.1) is 11.5 Å². The highest BCUT2D eigenvalue weighted by Gasteiger charge is 2.25. The van der Waals surface area contributed by atoms with Crippen LogP contribution in [0.3, 0.4) is 0 Å². The Balaban J connectivity index is 1.79. The number of hydrogen-bond donors (Lipinski definition) is 1. The average molecular weight is 475 g/mol. The zero-order valence-corrected chi connectivity index (χ0v) is 20.0. The van der Waals surface area contributed by atoms with E-state index in [-0.39, 0.29) is 28.5 Å². The third-order valence-corrected chi connectivity index (χ3v) is 7.56. The molecule has 0 saturated carbocycles. The lowest BCUT2D eigenvalue weighted by molar-refractivity contribution is 0.343. The molecule has 1 saturated heterocycles. The third kappa shape index (κ3) is 4.96. The van der Waals surface area contributed by atoms with Gasteiger partial charge in [0.15, 0.2) is 0 Å². The Kier molecular flexibility index (Phi) is 6.02. The van der Waals surface area contributed by atoms with Gasteiger partial charge in [-0.1, -0.05) is 50.6 Å². The summed E-state index contributed by atoms with van der Waals surface area (Å²) in [5, 5.41) is 4.50. The first-order valence-corrected chi connectivity index (χ1v) is 12.8. The van der Waals surface area contributed by atoms with E-state index in [0.717, 1.165) is 5.39 Å². The number of pyridine rings is 1. The van der Waals surface area contributed by atoms with E-state index in [1.165, 1.54) is 0 Å². The summed E-state index contributed by atoms with van der Waals surface area (Å²) in [5.74, 6) is 0.719. The molecule has 2 aromatic heterocycles. The van der Waals surface area contributed by atoms with Gasteiger partial charge in [-0.15, -0.1) is 0 Å². The molecular weight excluding hydrogens is 448 g/mol. The van der Waals surface area contributed by atoms with Gasteiger partial charge in [0.25, 0.3) is 5.56 Å². The molecule has 1 aliphatic heterocycles. The van der Waals surface area contributed by atoms with Gasteiger partial charge in [-0.3, -0.25) is 9.36 Å². The van der Waals surface area contributed by atoms with Crippen LogP contribution in [0.4, 0.5) is 5.95 Å². The van der Waals surface area contributed by atoms with Crippen LogP contribution in [0.5, 0.6) is 0 Å². The lowest BCUT2D eigenvalue weighted by Crippen LogP contribution is -2.33. The zero-order valence-electron chi connectivity index (χ0n) is 18.4. The molecule has 3 heterocycles. The maximum absolute atomic E-state index is 13.5. The van der Waals surface area contributed by atoms with Crippen LogP contribution >= 0.6 is 11.6 Å². The van der Waals surface area contributed by atoms with Crippen LogP contribution in [0.25, 0.3) is 22.2 Å². The first kappa shape index (κ1) is 22.7. The summed E-state index contributed by atoms with van der Waals surface area (Å²) in [7, 11) is -2.95. The molecule has 9 heteroatoms. The van der Waals surface area contributed by atoms with Gasteiger partial charge in [-0.25, -0.2) is 13.4 Å². The summed E-state index contributed by atoms with van der Waals surface area (Å²) in [4.78, 5) is 22.7. The van der Waals surface area contributed by atoms with E-state index in [1.54, 1.807) is 22.9 Å². The lowest BCUT2D eigenvalue weighted by atomic mass is 9.96. The summed E-state index contributed by atoms with van der Waals surface area (Å²) in [6, 6.07) is 9.06. The van der Waals surface area contributed by atoms with E-state index >= 15 is 0 Å². The zero-order chi connectivity index (χ0) is 23.1. The Labute approximate surface area is 192 Å². The van der Waals surface area contributed by atoms with E-state index in [1.807, 2.05) is 18.2 Å². The molecule has 0 bridgehead atoms. The highest BCUT2D eigenvalue weighted by Crippen LogP contribution is 2.28. The molecular formula is C23H27ClN4O3S. The van der Waals surface area contributed by atoms with E-state index in [0.29, 0.717) is 47.1 Å². The Morgan fingerprint density at radius 3 is 2.50 bits per heavy atom. The van der Waals surface area contributed by atoms with Crippen molar-refractivity contribution in [1.82, 2.24) is 14.5 Å². The summed E-state index contributed by atoms with van der Waals surface area (Å²) < 4.78 is 25.1. The quantitative estimate of drug-likeness (QED) is 0.610. The van der Waals surface area contributed by atoms with Gasteiger partial charge in [-0.05, 0) is 30.4 Å². The molecule has 1 aromatic carbocycles. The minimum atomic E-state index is -2.95. The van der Waals surface area contributed by atoms with Crippen LogP contribution < -0.4 is 10.9 Å². The smallest absolute Gasteiger partial charge is 0.260 e. The van der Waals surface area contributed by atoms with Crippen molar-refractivity contribution in [3.63, 3.8) is 0 Å². The number of rotatable bonds is 4. The molecule has 1 fully saturated rings. The SMILES string of the molecule is CC(C)(C)Cn1c(=O)c(-c2ccccc2Cl)cc2cnc(NC3CCS(=O)(=O)CC3)nc21.